The third kappa shape index (κ3) is 4.53. The van der Waals surface area contributed by atoms with Crippen molar-refractivity contribution in [1.29, 1.82) is 0 Å². The Bertz CT molecular complexity index is 674. The number of carbonyl (C=O) groups excluding carboxylic acids is 1. The monoisotopic (exact) mass is 342 g/mol. The summed E-state index contributed by atoms with van der Waals surface area (Å²) in [5, 5.41) is 7.37. The van der Waals surface area contributed by atoms with Crippen LogP contribution < -0.4 is 10.6 Å². The van der Waals surface area contributed by atoms with E-state index in [-0.39, 0.29) is 12.5 Å². The molecule has 0 heterocycles. The van der Waals surface area contributed by atoms with Gasteiger partial charge in [0.15, 0.2) is 0 Å². The summed E-state index contributed by atoms with van der Waals surface area (Å²) >= 11 is 18.0. The number of amides is 1. The van der Waals surface area contributed by atoms with Crippen molar-refractivity contribution in [2.45, 2.75) is 6.92 Å². The minimum atomic E-state index is -0.204. The van der Waals surface area contributed by atoms with Crippen LogP contribution in [0.2, 0.25) is 15.1 Å². The van der Waals surface area contributed by atoms with E-state index in [9.17, 15) is 4.79 Å². The minimum Gasteiger partial charge on any atom is -0.375 e. The Kier molecular flexibility index (Phi) is 5.34. The van der Waals surface area contributed by atoms with Crippen LogP contribution in [0, 0.1) is 6.92 Å². The van der Waals surface area contributed by atoms with Gasteiger partial charge in [-0.25, -0.2) is 0 Å². The molecule has 0 atom stereocenters. The van der Waals surface area contributed by atoms with Gasteiger partial charge in [-0.1, -0.05) is 40.9 Å². The molecule has 2 rings (SSSR count). The molecule has 0 bridgehead atoms. The summed E-state index contributed by atoms with van der Waals surface area (Å²) in [6, 6.07) is 10.4. The Morgan fingerprint density at radius 2 is 1.86 bits per heavy atom. The molecule has 0 aliphatic heterocycles. The average molecular weight is 344 g/mol. The Morgan fingerprint density at radius 3 is 2.57 bits per heavy atom. The highest BCUT2D eigenvalue weighted by molar-refractivity contribution is 6.35. The molecular weight excluding hydrogens is 331 g/mol. The van der Waals surface area contributed by atoms with Crippen molar-refractivity contribution in [3.8, 4) is 0 Å². The Labute approximate surface area is 138 Å². The highest BCUT2D eigenvalue weighted by Crippen LogP contribution is 2.28. The highest BCUT2D eigenvalue weighted by atomic mass is 35.5. The number of aryl methyl sites for hydroxylation is 1. The van der Waals surface area contributed by atoms with Gasteiger partial charge in [0.25, 0.3) is 0 Å². The fourth-order valence-corrected chi connectivity index (χ4v) is 2.37. The predicted molar refractivity (Wildman–Crippen MR) is 89.8 cm³/mol. The first-order valence-corrected chi connectivity index (χ1v) is 7.34. The number of anilines is 2. The summed E-state index contributed by atoms with van der Waals surface area (Å²) in [5.74, 6) is -0.204. The van der Waals surface area contributed by atoms with Crippen LogP contribution in [0.25, 0.3) is 0 Å². The molecule has 0 radical (unpaired) electrons. The topological polar surface area (TPSA) is 41.1 Å². The van der Waals surface area contributed by atoms with Gasteiger partial charge in [-0.2, -0.15) is 0 Å². The molecule has 0 unspecified atom stereocenters. The molecule has 2 aromatic carbocycles. The lowest BCUT2D eigenvalue weighted by Gasteiger charge is -2.11. The highest BCUT2D eigenvalue weighted by Gasteiger charge is 2.07. The third-order valence-electron chi connectivity index (χ3n) is 2.80. The van der Waals surface area contributed by atoms with Gasteiger partial charge in [-0.3, -0.25) is 4.79 Å². The molecule has 0 aliphatic carbocycles. The zero-order valence-electron chi connectivity index (χ0n) is 11.2. The molecule has 0 saturated heterocycles. The van der Waals surface area contributed by atoms with Gasteiger partial charge in [0.05, 0.1) is 17.3 Å². The van der Waals surface area contributed by atoms with Gasteiger partial charge in [0.1, 0.15) is 0 Å². The van der Waals surface area contributed by atoms with Gasteiger partial charge in [-0.15, -0.1) is 0 Å². The van der Waals surface area contributed by atoms with Gasteiger partial charge in [0, 0.05) is 15.7 Å². The van der Waals surface area contributed by atoms with Crippen molar-refractivity contribution in [3.63, 3.8) is 0 Å². The first-order valence-electron chi connectivity index (χ1n) is 6.20. The number of benzene rings is 2. The van der Waals surface area contributed by atoms with Crippen molar-refractivity contribution in [2.75, 3.05) is 17.2 Å². The summed E-state index contributed by atoms with van der Waals surface area (Å²) in [7, 11) is 0. The molecule has 3 nitrogen and oxygen atoms in total. The summed E-state index contributed by atoms with van der Waals surface area (Å²) < 4.78 is 0. The van der Waals surface area contributed by atoms with Crippen LogP contribution >= 0.6 is 34.8 Å². The maximum atomic E-state index is 11.9. The summed E-state index contributed by atoms with van der Waals surface area (Å²) in [6.07, 6.45) is 0. The SMILES string of the molecule is Cc1cc(Cl)c(NCC(=O)Nc2cccc(Cl)c2)cc1Cl. The standard InChI is InChI=1S/C15H13Cl3N2O/c1-9-5-13(18)14(7-12(9)17)19-8-15(21)20-11-4-2-3-10(16)6-11/h2-7,19H,8H2,1H3,(H,20,21). The van der Waals surface area contributed by atoms with Crippen LogP contribution in [0.5, 0.6) is 0 Å². The summed E-state index contributed by atoms with van der Waals surface area (Å²) in [5.41, 5.74) is 2.14. The maximum Gasteiger partial charge on any atom is 0.243 e. The molecule has 2 aromatic rings. The van der Waals surface area contributed by atoms with E-state index >= 15 is 0 Å². The number of rotatable bonds is 4. The number of halogens is 3. The fourth-order valence-electron chi connectivity index (χ4n) is 1.73. The van der Waals surface area contributed by atoms with Gasteiger partial charge >= 0.3 is 0 Å². The van der Waals surface area contributed by atoms with Gasteiger partial charge in [-0.05, 0) is 42.8 Å². The van der Waals surface area contributed by atoms with E-state index in [2.05, 4.69) is 10.6 Å². The quantitative estimate of drug-likeness (QED) is 0.819. The lowest BCUT2D eigenvalue weighted by molar-refractivity contribution is -0.114. The molecule has 110 valence electrons. The smallest absolute Gasteiger partial charge is 0.243 e. The fraction of sp³-hybridized carbons (Fsp3) is 0.133. The van der Waals surface area contributed by atoms with Crippen molar-refractivity contribution in [2.24, 2.45) is 0 Å². The van der Waals surface area contributed by atoms with Crippen LogP contribution in [-0.4, -0.2) is 12.5 Å². The van der Waals surface area contributed by atoms with Crippen LogP contribution in [0.3, 0.4) is 0 Å². The molecule has 2 N–H and O–H groups in total. The normalized spacial score (nSPS) is 10.3. The van der Waals surface area contributed by atoms with Crippen LogP contribution in [-0.2, 0) is 4.79 Å². The van der Waals surface area contributed by atoms with Crippen molar-refractivity contribution < 1.29 is 4.79 Å². The zero-order valence-corrected chi connectivity index (χ0v) is 13.5. The van der Waals surface area contributed by atoms with Crippen LogP contribution in [0.15, 0.2) is 36.4 Å². The number of hydrogen-bond donors (Lipinski definition) is 2. The molecular formula is C15H13Cl3N2O. The van der Waals surface area contributed by atoms with E-state index in [0.717, 1.165) is 5.56 Å². The van der Waals surface area contributed by atoms with Gasteiger partial charge < -0.3 is 10.6 Å². The van der Waals surface area contributed by atoms with E-state index in [4.69, 9.17) is 34.8 Å². The average Bonchev–Trinajstić information content (AvgIpc) is 2.41. The van der Waals surface area contributed by atoms with Crippen molar-refractivity contribution >= 4 is 52.1 Å². The first kappa shape index (κ1) is 16.0. The molecule has 0 aliphatic rings. The molecule has 1 amide bonds. The lowest BCUT2D eigenvalue weighted by Crippen LogP contribution is -2.21. The summed E-state index contributed by atoms with van der Waals surface area (Å²) in [4.78, 5) is 11.9. The molecule has 0 fully saturated rings. The summed E-state index contributed by atoms with van der Waals surface area (Å²) in [6.45, 7) is 1.94. The minimum absolute atomic E-state index is 0.0750. The van der Waals surface area contributed by atoms with E-state index in [0.29, 0.717) is 26.4 Å². The lowest BCUT2D eigenvalue weighted by atomic mass is 10.2. The predicted octanol–water partition coefficient (Wildman–Crippen LogP) is 5.01. The van der Waals surface area contributed by atoms with Crippen LogP contribution in [0.4, 0.5) is 11.4 Å². The van der Waals surface area contributed by atoms with E-state index in [1.807, 2.05) is 6.92 Å². The molecule has 0 saturated carbocycles. The van der Waals surface area contributed by atoms with E-state index < -0.39 is 0 Å². The number of carbonyl (C=O) groups is 1. The van der Waals surface area contributed by atoms with Gasteiger partial charge in [0.2, 0.25) is 5.91 Å². The van der Waals surface area contributed by atoms with Crippen molar-refractivity contribution in [1.82, 2.24) is 0 Å². The van der Waals surface area contributed by atoms with Crippen molar-refractivity contribution in [3.05, 3.63) is 57.0 Å². The first-order chi connectivity index (χ1) is 9.95. The molecule has 0 spiro atoms. The zero-order chi connectivity index (χ0) is 15.4. The largest absolute Gasteiger partial charge is 0.375 e. The maximum absolute atomic E-state index is 11.9. The molecule has 0 aromatic heterocycles. The Hall–Kier alpha value is -1.42. The second-order valence-corrected chi connectivity index (χ2v) is 5.74. The molecule has 6 heteroatoms. The third-order valence-corrected chi connectivity index (χ3v) is 3.75. The van der Waals surface area contributed by atoms with E-state index in [1.54, 1.807) is 36.4 Å². The second-order valence-electron chi connectivity index (χ2n) is 4.49. The Morgan fingerprint density at radius 1 is 1.10 bits per heavy atom. The number of nitrogens with one attached hydrogen (secondary N) is 2. The molecule has 21 heavy (non-hydrogen) atoms. The second kappa shape index (κ2) is 7.03. The Balaban J connectivity index is 1.97. The van der Waals surface area contributed by atoms with E-state index in [1.165, 1.54) is 0 Å². The number of hydrogen-bond acceptors (Lipinski definition) is 2. The van der Waals surface area contributed by atoms with Crippen LogP contribution in [0.1, 0.15) is 5.56 Å².